The molecule has 3 N–H and O–H groups in total. The molecular formula is C11H19F3N2O3. The van der Waals surface area contributed by atoms with Crippen molar-refractivity contribution in [2.75, 3.05) is 6.54 Å². The smallest absolute Gasteiger partial charge is 0.422 e. The van der Waals surface area contributed by atoms with Crippen LogP contribution in [0.5, 0.6) is 0 Å². The molecule has 0 aliphatic rings. The second kappa shape index (κ2) is 5.77. The first kappa shape index (κ1) is 17.7. The van der Waals surface area contributed by atoms with Crippen molar-refractivity contribution in [2.45, 2.75) is 51.4 Å². The van der Waals surface area contributed by atoms with Crippen LogP contribution in [0, 0.1) is 0 Å². The Morgan fingerprint density at radius 2 is 1.58 bits per heavy atom. The van der Waals surface area contributed by atoms with E-state index in [2.05, 4.69) is 5.32 Å². The van der Waals surface area contributed by atoms with Crippen molar-refractivity contribution < 1.29 is 27.9 Å². The Balaban J connectivity index is 4.56. The minimum absolute atomic E-state index is 0.156. The van der Waals surface area contributed by atoms with Crippen LogP contribution >= 0.6 is 0 Å². The molecular weight excluding hydrogens is 265 g/mol. The van der Waals surface area contributed by atoms with Gasteiger partial charge in [0.1, 0.15) is 0 Å². The highest BCUT2D eigenvalue weighted by atomic mass is 19.4. The maximum absolute atomic E-state index is 12.6. The molecule has 0 saturated heterocycles. The van der Waals surface area contributed by atoms with Gasteiger partial charge in [0.05, 0.1) is 0 Å². The summed E-state index contributed by atoms with van der Waals surface area (Å²) >= 11 is 0. The summed E-state index contributed by atoms with van der Waals surface area (Å²) in [6.07, 6.45) is -5.30. The van der Waals surface area contributed by atoms with E-state index in [9.17, 15) is 22.8 Å². The van der Waals surface area contributed by atoms with Gasteiger partial charge in [-0.2, -0.15) is 13.2 Å². The van der Waals surface area contributed by atoms with Gasteiger partial charge in [-0.05, 0) is 27.7 Å². The lowest BCUT2D eigenvalue weighted by Gasteiger charge is -2.29. The molecule has 0 aliphatic carbocycles. The van der Waals surface area contributed by atoms with E-state index in [4.69, 9.17) is 5.11 Å². The molecule has 1 unspecified atom stereocenters. The summed E-state index contributed by atoms with van der Waals surface area (Å²) in [6.45, 7) is 6.08. The van der Waals surface area contributed by atoms with Crippen molar-refractivity contribution in [2.24, 2.45) is 0 Å². The number of hydrogen-bond donors (Lipinski definition) is 3. The van der Waals surface area contributed by atoms with Crippen LogP contribution in [-0.2, 0) is 9.59 Å². The molecule has 1 atom stereocenters. The third kappa shape index (κ3) is 5.46. The second-order valence-corrected chi connectivity index (χ2v) is 5.40. The molecule has 0 radical (unpaired) electrons. The van der Waals surface area contributed by atoms with E-state index in [0.29, 0.717) is 6.92 Å². The van der Waals surface area contributed by atoms with Crippen molar-refractivity contribution >= 4 is 11.9 Å². The topological polar surface area (TPSA) is 78.4 Å². The lowest BCUT2D eigenvalue weighted by molar-refractivity contribution is -0.207. The molecule has 5 nitrogen and oxygen atoms in total. The molecule has 0 aromatic rings. The molecule has 0 heterocycles. The highest BCUT2D eigenvalue weighted by Crippen LogP contribution is 2.30. The molecule has 0 aromatic heterocycles. The number of amides is 1. The van der Waals surface area contributed by atoms with Gasteiger partial charge < -0.3 is 15.7 Å². The quantitative estimate of drug-likeness (QED) is 0.711. The SMILES string of the molecule is CC(C)(C)NCCC(=O)NC(C)(C(=O)O)C(F)(F)F. The van der Waals surface area contributed by atoms with Gasteiger partial charge in [0.25, 0.3) is 0 Å². The molecule has 19 heavy (non-hydrogen) atoms. The number of halogens is 3. The van der Waals surface area contributed by atoms with E-state index in [1.807, 2.05) is 20.8 Å². The van der Waals surface area contributed by atoms with Crippen molar-refractivity contribution in [1.82, 2.24) is 10.6 Å². The van der Waals surface area contributed by atoms with Gasteiger partial charge in [0, 0.05) is 18.5 Å². The zero-order chi connectivity index (χ0) is 15.5. The first-order chi connectivity index (χ1) is 8.29. The summed E-state index contributed by atoms with van der Waals surface area (Å²) in [5.41, 5.74) is -3.55. The maximum atomic E-state index is 12.6. The number of nitrogens with one attached hydrogen (secondary N) is 2. The largest absolute Gasteiger partial charge is 0.479 e. The van der Waals surface area contributed by atoms with E-state index in [1.54, 1.807) is 0 Å². The Hall–Kier alpha value is -1.31. The van der Waals surface area contributed by atoms with E-state index in [1.165, 1.54) is 5.32 Å². The Kier molecular flexibility index (Phi) is 5.37. The molecule has 112 valence electrons. The van der Waals surface area contributed by atoms with E-state index >= 15 is 0 Å². The van der Waals surface area contributed by atoms with Crippen LogP contribution in [0.15, 0.2) is 0 Å². The van der Waals surface area contributed by atoms with Crippen molar-refractivity contribution in [3.05, 3.63) is 0 Å². The van der Waals surface area contributed by atoms with Gasteiger partial charge in [-0.15, -0.1) is 0 Å². The number of hydrogen-bond acceptors (Lipinski definition) is 3. The van der Waals surface area contributed by atoms with Gasteiger partial charge in [0.2, 0.25) is 11.4 Å². The molecule has 0 aromatic carbocycles. The van der Waals surface area contributed by atoms with E-state index in [-0.39, 0.29) is 18.5 Å². The number of carboxylic acids is 1. The van der Waals surface area contributed by atoms with Crippen LogP contribution in [0.4, 0.5) is 13.2 Å². The van der Waals surface area contributed by atoms with Crippen molar-refractivity contribution in [3.63, 3.8) is 0 Å². The molecule has 0 bridgehead atoms. The van der Waals surface area contributed by atoms with Gasteiger partial charge >= 0.3 is 12.1 Å². The Bertz CT molecular complexity index is 350. The third-order valence-corrected chi connectivity index (χ3v) is 2.39. The number of carbonyl (C=O) groups is 2. The minimum Gasteiger partial charge on any atom is -0.479 e. The standard InChI is InChI=1S/C11H19F3N2O3/c1-9(2,3)15-6-5-7(17)16-10(4,8(18)19)11(12,13)14/h15H,5-6H2,1-4H3,(H,16,17)(H,18,19). The fraction of sp³-hybridized carbons (Fsp3) is 0.818. The van der Waals surface area contributed by atoms with E-state index in [0.717, 1.165) is 0 Å². The van der Waals surface area contributed by atoms with E-state index < -0.39 is 23.6 Å². The number of carbonyl (C=O) groups excluding carboxylic acids is 1. The fourth-order valence-corrected chi connectivity index (χ4v) is 1.14. The van der Waals surface area contributed by atoms with Crippen LogP contribution in [0.25, 0.3) is 0 Å². The molecule has 8 heteroatoms. The molecule has 1 amide bonds. The van der Waals surface area contributed by atoms with Gasteiger partial charge in [-0.1, -0.05) is 0 Å². The summed E-state index contributed by atoms with van der Waals surface area (Å²) in [5, 5.41) is 13.1. The summed E-state index contributed by atoms with van der Waals surface area (Å²) in [6, 6.07) is 0. The highest BCUT2D eigenvalue weighted by molar-refractivity contribution is 5.87. The maximum Gasteiger partial charge on any atom is 0.422 e. The van der Waals surface area contributed by atoms with Gasteiger partial charge in [0.15, 0.2) is 0 Å². The molecule has 0 spiro atoms. The Labute approximate surface area is 109 Å². The number of aliphatic carboxylic acids is 1. The van der Waals surface area contributed by atoms with Crippen molar-refractivity contribution in [3.8, 4) is 0 Å². The molecule has 0 saturated carbocycles. The predicted octanol–water partition coefficient (Wildman–Crippen LogP) is 1.29. The van der Waals surface area contributed by atoms with Crippen LogP contribution in [0.2, 0.25) is 0 Å². The van der Waals surface area contributed by atoms with Crippen LogP contribution < -0.4 is 10.6 Å². The zero-order valence-corrected chi connectivity index (χ0v) is 11.3. The lowest BCUT2D eigenvalue weighted by atomic mass is 10.0. The molecule has 0 aliphatic heterocycles. The Morgan fingerprint density at radius 3 is 1.89 bits per heavy atom. The summed E-state index contributed by atoms with van der Waals surface area (Å²) in [4.78, 5) is 22.1. The fourth-order valence-electron chi connectivity index (χ4n) is 1.14. The highest BCUT2D eigenvalue weighted by Gasteiger charge is 2.58. The second-order valence-electron chi connectivity index (χ2n) is 5.40. The van der Waals surface area contributed by atoms with Crippen LogP contribution in [0.3, 0.4) is 0 Å². The Morgan fingerprint density at radius 1 is 1.11 bits per heavy atom. The van der Waals surface area contributed by atoms with Crippen LogP contribution in [-0.4, -0.2) is 40.8 Å². The first-order valence-electron chi connectivity index (χ1n) is 5.66. The van der Waals surface area contributed by atoms with Gasteiger partial charge in [-0.3, -0.25) is 4.79 Å². The number of rotatable bonds is 5. The average molecular weight is 284 g/mol. The molecule has 0 fully saturated rings. The summed E-state index contributed by atoms with van der Waals surface area (Å²) in [7, 11) is 0. The monoisotopic (exact) mass is 284 g/mol. The average Bonchev–Trinajstić information content (AvgIpc) is 2.12. The summed E-state index contributed by atoms with van der Waals surface area (Å²) < 4.78 is 37.8. The normalized spacial score (nSPS) is 15.7. The minimum atomic E-state index is -5.06. The number of carboxylic acid groups (broad SMARTS) is 1. The van der Waals surface area contributed by atoms with Crippen molar-refractivity contribution in [1.29, 1.82) is 0 Å². The molecule has 0 rings (SSSR count). The third-order valence-electron chi connectivity index (χ3n) is 2.39. The first-order valence-corrected chi connectivity index (χ1v) is 5.66. The van der Waals surface area contributed by atoms with Crippen LogP contribution in [0.1, 0.15) is 34.1 Å². The zero-order valence-electron chi connectivity index (χ0n) is 11.3. The lowest BCUT2D eigenvalue weighted by Crippen LogP contribution is -2.62. The predicted molar refractivity (Wildman–Crippen MR) is 62.6 cm³/mol. The van der Waals surface area contributed by atoms with Gasteiger partial charge in [-0.25, -0.2) is 4.79 Å². The number of alkyl halides is 3. The summed E-state index contributed by atoms with van der Waals surface area (Å²) in [5.74, 6) is -3.11.